The summed E-state index contributed by atoms with van der Waals surface area (Å²) < 4.78 is 1.82. The minimum absolute atomic E-state index is 0.0724. The zero-order valence-corrected chi connectivity index (χ0v) is 10.1. The maximum atomic E-state index is 6.33. The van der Waals surface area contributed by atoms with Gasteiger partial charge in [-0.25, -0.2) is 0 Å². The summed E-state index contributed by atoms with van der Waals surface area (Å²) in [6.07, 6.45) is 3.80. The predicted octanol–water partition coefficient (Wildman–Crippen LogP) is 3.33. The molecule has 1 aromatic carbocycles. The first kappa shape index (κ1) is 11.2. The molecule has 16 heavy (non-hydrogen) atoms. The molecular weight excluding hydrogens is 220 g/mol. The highest BCUT2D eigenvalue weighted by atomic mass is 35.5. The molecule has 0 spiro atoms. The fraction of sp³-hybridized carbons (Fsp3) is 0.308. The second kappa shape index (κ2) is 5.17. The quantitative estimate of drug-likeness (QED) is 0.742. The van der Waals surface area contributed by atoms with Crippen LogP contribution in [0.3, 0.4) is 0 Å². The summed E-state index contributed by atoms with van der Waals surface area (Å²) in [6.45, 7) is 0. The van der Waals surface area contributed by atoms with Gasteiger partial charge in [-0.2, -0.15) is 5.10 Å². The molecule has 0 saturated carbocycles. The lowest BCUT2D eigenvalue weighted by Crippen LogP contribution is -1.96. The Labute approximate surface area is 101 Å². The molecule has 0 bridgehead atoms. The largest absolute Gasteiger partial charge is 0.276 e. The van der Waals surface area contributed by atoms with E-state index in [1.54, 1.807) is 0 Å². The molecule has 0 saturated heterocycles. The van der Waals surface area contributed by atoms with Gasteiger partial charge in [0.15, 0.2) is 0 Å². The first-order valence-electron chi connectivity index (χ1n) is 5.43. The Morgan fingerprint density at radius 1 is 1.25 bits per heavy atom. The monoisotopic (exact) mass is 234 g/mol. The minimum atomic E-state index is 0.0724. The molecule has 3 heteroatoms. The SMILES string of the molecule is Cn1ccc(CCC(Cl)c2ccccc2)n1. The first-order chi connectivity index (χ1) is 7.75. The summed E-state index contributed by atoms with van der Waals surface area (Å²) in [4.78, 5) is 0. The Hall–Kier alpha value is -1.28. The van der Waals surface area contributed by atoms with Crippen LogP contribution in [0, 0.1) is 0 Å². The Kier molecular flexibility index (Phi) is 3.62. The normalized spacial score (nSPS) is 12.6. The Morgan fingerprint density at radius 3 is 2.62 bits per heavy atom. The standard InChI is InChI=1S/C13H15ClN2/c1-16-10-9-12(15-16)7-8-13(14)11-5-3-2-4-6-11/h2-6,9-10,13H,7-8H2,1H3. The van der Waals surface area contributed by atoms with Gasteiger partial charge >= 0.3 is 0 Å². The van der Waals surface area contributed by atoms with Crippen LogP contribution in [-0.4, -0.2) is 9.78 Å². The van der Waals surface area contributed by atoms with Gasteiger partial charge in [0.2, 0.25) is 0 Å². The molecule has 0 amide bonds. The fourth-order valence-corrected chi connectivity index (χ4v) is 1.95. The lowest BCUT2D eigenvalue weighted by atomic mass is 10.1. The topological polar surface area (TPSA) is 17.8 Å². The third kappa shape index (κ3) is 2.86. The highest BCUT2D eigenvalue weighted by molar-refractivity contribution is 6.20. The van der Waals surface area contributed by atoms with Crippen LogP contribution >= 0.6 is 11.6 Å². The zero-order chi connectivity index (χ0) is 11.4. The Balaban J connectivity index is 1.91. The number of nitrogens with zero attached hydrogens (tertiary/aromatic N) is 2. The summed E-state index contributed by atoms with van der Waals surface area (Å²) in [5.74, 6) is 0. The van der Waals surface area contributed by atoms with Crippen LogP contribution < -0.4 is 0 Å². The summed E-state index contributed by atoms with van der Waals surface area (Å²) in [5, 5.41) is 4.41. The number of aromatic nitrogens is 2. The molecule has 0 aliphatic carbocycles. The molecule has 1 unspecified atom stereocenters. The van der Waals surface area contributed by atoms with E-state index in [0.717, 1.165) is 18.5 Å². The number of halogens is 1. The highest BCUT2D eigenvalue weighted by Gasteiger charge is 2.08. The van der Waals surface area contributed by atoms with Crippen molar-refractivity contribution in [3.63, 3.8) is 0 Å². The Morgan fingerprint density at radius 2 is 2.00 bits per heavy atom. The number of benzene rings is 1. The van der Waals surface area contributed by atoms with Gasteiger partial charge in [-0.1, -0.05) is 30.3 Å². The summed E-state index contributed by atoms with van der Waals surface area (Å²) in [6, 6.07) is 12.2. The van der Waals surface area contributed by atoms with Crippen molar-refractivity contribution in [3.8, 4) is 0 Å². The minimum Gasteiger partial charge on any atom is -0.276 e. The van der Waals surface area contributed by atoms with Gasteiger partial charge in [-0.3, -0.25) is 4.68 Å². The van der Waals surface area contributed by atoms with Crippen molar-refractivity contribution < 1.29 is 0 Å². The molecule has 1 aromatic heterocycles. The molecule has 0 aliphatic rings. The second-order valence-electron chi connectivity index (χ2n) is 3.90. The van der Waals surface area contributed by atoms with Crippen LogP contribution in [0.25, 0.3) is 0 Å². The van der Waals surface area contributed by atoms with Crippen LogP contribution in [0.15, 0.2) is 42.6 Å². The van der Waals surface area contributed by atoms with Gasteiger partial charge in [0.05, 0.1) is 11.1 Å². The average Bonchev–Trinajstić information content (AvgIpc) is 2.73. The van der Waals surface area contributed by atoms with E-state index in [0.29, 0.717) is 0 Å². The summed E-state index contributed by atoms with van der Waals surface area (Å²) in [7, 11) is 1.93. The van der Waals surface area contributed by atoms with Crippen molar-refractivity contribution in [3.05, 3.63) is 53.9 Å². The molecular formula is C13H15ClN2. The van der Waals surface area contributed by atoms with E-state index in [4.69, 9.17) is 11.6 Å². The predicted molar refractivity (Wildman–Crippen MR) is 66.6 cm³/mol. The van der Waals surface area contributed by atoms with Crippen LogP contribution in [0.1, 0.15) is 23.1 Å². The molecule has 84 valence electrons. The van der Waals surface area contributed by atoms with Crippen molar-refractivity contribution in [2.75, 3.05) is 0 Å². The van der Waals surface area contributed by atoms with Gasteiger partial charge in [-0.15, -0.1) is 11.6 Å². The Bertz CT molecular complexity index is 436. The van der Waals surface area contributed by atoms with Crippen molar-refractivity contribution in [2.45, 2.75) is 18.2 Å². The van der Waals surface area contributed by atoms with Gasteiger partial charge in [-0.05, 0) is 24.5 Å². The molecule has 0 radical (unpaired) electrons. The van der Waals surface area contributed by atoms with Crippen LogP contribution in [0.2, 0.25) is 0 Å². The van der Waals surface area contributed by atoms with Crippen molar-refractivity contribution in [2.24, 2.45) is 7.05 Å². The molecule has 1 atom stereocenters. The number of aryl methyl sites for hydroxylation is 2. The molecule has 1 heterocycles. The van der Waals surface area contributed by atoms with Gasteiger partial charge in [0.1, 0.15) is 0 Å². The maximum absolute atomic E-state index is 6.33. The number of hydrogen-bond donors (Lipinski definition) is 0. The average molecular weight is 235 g/mol. The second-order valence-corrected chi connectivity index (χ2v) is 4.42. The van der Waals surface area contributed by atoms with E-state index in [2.05, 4.69) is 17.2 Å². The number of alkyl halides is 1. The van der Waals surface area contributed by atoms with Gasteiger partial charge in [0, 0.05) is 13.2 Å². The molecule has 2 rings (SSSR count). The van der Waals surface area contributed by atoms with E-state index >= 15 is 0 Å². The molecule has 0 N–H and O–H groups in total. The van der Waals surface area contributed by atoms with Crippen LogP contribution in [-0.2, 0) is 13.5 Å². The number of hydrogen-bond acceptors (Lipinski definition) is 1. The van der Waals surface area contributed by atoms with E-state index in [9.17, 15) is 0 Å². The van der Waals surface area contributed by atoms with E-state index in [-0.39, 0.29) is 5.38 Å². The van der Waals surface area contributed by atoms with Gasteiger partial charge in [0.25, 0.3) is 0 Å². The third-order valence-corrected chi connectivity index (χ3v) is 3.05. The molecule has 2 aromatic rings. The number of rotatable bonds is 4. The van der Waals surface area contributed by atoms with Crippen molar-refractivity contribution >= 4 is 11.6 Å². The van der Waals surface area contributed by atoms with Crippen LogP contribution in [0.5, 0.6) is 0 Å². The fourth-order valence-electron chi connectivity index (χ4n) is 1.70. The van der Waals surface area contributed by atoms with Gasteiger partial charge < -0.3 is 0 Å². The highest BCUT2D eigenvalue weighted by Crippen LogP contribution is 2.25. The van der Waals surface area contributed by atoms with E-state index < -0.39 is 0 Å². The summed E-state index contributed by atoms with van der Waals surface area (Å²) >= 11 is 6.33. The molecule has 0 fully saturated rings. The van der Waals surface area contributed by atoms with Crippen molar-refractivity contribution in [1.82, 2.24) is 9.78 Å². The van der Waals surface area contributed by atoms with E-state index in [1.807, 2.05) is 42.2 Å². The molecule has 0 aliphatic heterocycles. The van der Waals surface area contributed by atoms with E-state index in [1.165, 1.54) is 5.56 Å². The molecule has 2 nitrogen and oxygen atoms in total. The lowest BCUT2D eigenvalue weighted by Gasteiger charge is -2.08. The van der Waals surface area contributed by atoms with Crippen LogP contribution in [0.4, 0.5) is 0 Å². The third-order valence-electron chi connectivity index (χ3n) is 2.58. The summed E-state index contributed by atoms with van der Waals surface area (Å²) in [5.41, 5.74) is 2.28. The maximum Gasteiger partial charge on any atom is 0.0625 e. The first-order valence-corrected chi connectivity index (χ1v) is 5.87. The lowest BCUT2D eigenvalue weighted by molar-refractivity contribution is 0.713. The van der Waals surface area contributed by atoms with Crippen molar-refractivity contribution in [1.29, 1.82) is 0 Å². The smallest absolute Gasteiger partial charge is 0.0625 e. The zero-order valence-electron chi connectivity index (χ0n) is 9.31.